The normalized spacial score (nSPS) is 13.1. The van der Waals surface area contributed by atoms with Crippen LogP contribution in [0.25, 0.3) is 0 Å². The Hall–Kier alpha value is -3.42. The topological polar surface area (TPSA) is 82.4 Å². The highest BCUT2D eigenvalue weighted by atomic mass is 16.5. The van der Waals surface area contributed by atoms with Gasteiger partial charge in [-0.05, 0) is 19.1 Å². The molecule has 8 heteroatoms. The Kier molecular flexibility index (Phi) is 5.16. The number of hydrogen-bond acceptors (Lipinski definition) is 6. The van der Waals surface area contributed by atoms with Gasteiger partial charge in [0.15, 0.2) is 0 Å². The summed E-state index contributed by atoms with van der Waals surface area (Å²) in [5.74, 6) is 0.998. The van der Waals surface area contributed by atoms with Gasteiger partial charge in [0.1, 0.15) is 12.3 Å². The molecule has 0 aliphatic carbocycles. The summed E-state index contributed by atoms with van der Waals surface area (Å²) in [4.78, 5) is 23.2. The largest absolute Gasteiger partial charge is 0.481 e. The van der Waals surface area contributed by atoms with E-state index in [2.05, 4.69) is 15.1 Å². The average Bonchev–Trinajstić information content (AvgIpc) is 3.07. The Morgan fingerprint density at radius 1 is 1.21 bits per heavy atom. The molecule has 0 saturated carbocycles. The molecule has 4 heterocycles. The highest BCUT2D eigenvalue weighted by Crippen LogP contribution is 2.24. The van der Waals surface area contributed by atoms with Crippen molar-refractivity contribution in [2.24, 2.45) is 7.05 Å². The second-order valence-electron chi connectivity index (χ2n) is 6.97. The predicted octanol–water partition coefficient (Wildman–Crippen LogP) is 2.30. The van der Waals surface area contributed by atoms with Crippen molar-refractivity contribution < 1.29 is 14.3 Å². The smallest absolute Gasteiger partial charge is 0.255 e. The van der Waals surface area contributed by atoms with E-state index in [-0.39, 0.29) is 5.91 Å². The van der Waals surface area contributed by atoms with Crippen LogP contribution in [0, 0.1) is 6.92 Å². The van der Waals surface area contributed by atoms with Gasteiger partial charge in [-0.3, -0.25) is 9.48 Å². The van der Waals surface area contributed by atoms with E-state index in [4.69, 9.17) is 9.47 Å². The molecule has 1 amide bonds. The van der Waals surface area contributed by atoms with Crippen LogP contribution in [-0.4, -0.2) is 44.2 Å². The fraction of sp³-hybridized carbons (Fsp3) is 0.333. The molecule has 150 valence electrons. The number of amides is 1. The zero-order chi connectivity index (χ0) is 20.4. The first kappa shape index (κ1) is 18.9. The van der Waals surface area contributed by atoms with Crippen LogP contribution in [-0.2, 0) is 26.6 Å². The molecular weight excluding hydrogens is 370 g/mol. The first-order chi connectivity index (χ1) is 14.0. The lowest BCUT2D eigenvalue weighted by molar-refractivity contribution is 0.0732. The van der Waals surface area contributed by atoms with E-state index in [9.17, 15) is 4.79 Å². The van der Waals surface area contributed by atoms with Crippen molar-refractivity contribution >= 4 is 5.91 Å². The van der Waals surface area contributed by atoms with E-state index in [1.54, 1.807) is 25.4 Å². The quantitative estimate of drug-likeness (QED) is 0.662. The number of hydrogen-bond donors (Lipinski definition) is 0. The highest BCUT2D eigenvalue weighted by Gasteiger charge is 2.27. The molecular formula is C21H23N5O3. The van der Waals surface area contributed by atoms with Crippen molar-refractivity contribution in [1.82, 2.24) is 24.6 Å². The zero-order valence-corrected chi connectivity index (χ0v) is 16.8. The van der Waals surface area contributed by atoms with Gasteiger partial charge >= 0.3 is 0 Å². The molecule has 0 radical (unpaired) electrons. The van der Waals surface area contributed by atoms with Crippen LogP contribution in [0.4, 0.5) is 0 Å². The summed E-state index contributed by atoms with van der Waals surface area (Å²) in [6, 6.07) is 9.10. The van der Waals surface area contributed by atoms with Crippen LogP contribution < -0.4 is 9.47 Å². The number of rotatable bonds is 5. The minimum absolute atomic E-state index is 0.0538. The molecule has 3 aromatic heterocycles. The molecule has 0 atom stereocenters. The van der Waals surface area contributed by atoms with Crippen LogP contribution in [0.1, 0.15) is 33.0 Å². The summed E-state index contributed by atoms with van der Waals surface area (Å²) in [5, 5.41) is 4.62. The number of carbonyl (C=O) groups is 1. The Balaban J connectivity index is 1.51. The maximum atomic E-state index is 12.9. The summed E-state index contributed by atoms with van der Waals surface area (Å²) in [5.41, 5.74) is 4.45. The van der Waals surface area contributed by atoms with Gasteiger partial charge in [0.05, 0.1) is 12.7 Å². The Morgan fingerprint density at radius 2 is 2.07 bits per heavy atom. The van der Waals surface area contributed by atoms with Gasteiger partial charge in [0, 0.05) is 61.8 Å². The van der Waals surface area contributed by atoms with Gasteiger partial charge in [-0.15, -0.1) is 0 Å². The summed E-state index contributed by atoms with van der Waals surface area (Å²) in [6.07, 6.45) is 2.30. The van der Waals surface area contributed by atoms with Crippen LogP contribution in [0.15, 0.2) is 36.5 Å². The lowest BCUT2D eigenvalue weighted by Crippen LogP contribution is -2.36. The van der Waals surface area contributed by atoms with Crippen molar-refractivity contribution in [3.05, 3.63) is 64.7 Å². The molecule has 3 aromatic rings. The van der Waals surface area contributed by atoms with E-state index >= 15 is 0 Å². The molecule has 0 fully saturated rings. The molecule has 0 spiro atoms. The van der Waals surface area contributed by atoms with Gasteiger partial charge in [-0.1, -0.05) is 6.07 Å². The van der Waals surface area contributed by atoms with E-state index in [1.807, 2.05) is 41.8 Å². The lowest BCUT2D eigenvalue weighted by Gasteiger charge is -2.27. The predicted molar refractivity (Wildman–Crippen MR) is 106 cm³/mol. The third-order valence-electron chi connectivity index (χ3n) is 5.02. The fourth-order valence-corrected chi connectivity index (χ4v) is 3.51. The van der Waals surface area contributed by atoms with E-state index in [1.165, 1.54) is 0 Å². The molecule has 0 unspecified atom stereocenters. The second-order valence-corrected chi connectivity index (χ2v) is 6.97. The number of ether oxygens (including phenoxy) is 2. The molecule has 1 aliphatic heterocycles. The minimum atomic E-state index is -0.0538. The number of methoxy groups -OCH3 is 1. The van der Waals surface area contributed by atoms with E-state index < -0.39 is 0 Å². The van der Waals surface area contributed by atoms with Gasteiger partial charge < -0.3 is 14.4 Å². The average molecular weight is 393 g/mol. The van der Waals surface area contributed by atoms with Gasteiger partial charge in [0.25, 0.3) is 5.91 Å². The third-order valence-corrected chi connectivity index (χ3v) is 5.02. The molecule has 0 bridgehead atoms. The van der Waals surface area contributed by atoms with Crippen LogP contribution in [0.2, 0.25) is 0 Å². The SMILES string of the molecule is COc1ccc(C(=O)N2CCc3c(c(COc4cccc(C)n4)nn3C)C2)cn1. The van der Waals surface area contributed by atoms with Crippen molar-refractivity contribution in [2.75, 3.05) is 13.7 Å². The molecule has 0 aromatic carbocycles. The Bertz CT molecular complexity index is 1030. The first-order valence-corrected chi connectivity index (χ1v) is 9.44. The molecule has 0 N–H and O–H groups in total. The molecule has 0 saturated heterocycles. The monoisotopic (exact) mass is 393 g/mol. The minimum Gasteiger partial charge on any atom is -0.481 e. The molecule has 1 aliphatic rings. The fourth-order valence-electron chi connectivity index (χ4n) is 3.51. The van der Waals surface area contributed by atoms with Crippen molar-refractivity contribution in [3.8, 4) is 11.8 Å². The number of aromatic nitrogens is 4. The van der Waals surface area contributed by atoms with Gasteiger partial charge in [-0.2, -0.15) is 5.10 Å². The Labute approximate surface area is 169 Å². The summed E-state index contributed by atoms with van der Waals surface area (Å²) in [7, 11) is 3.48. The van der Waals surface area contributed by atoms with Gasteiger partial charge in [0.2, 0.25) is 11.8 Å². The number of pyridine rings is 2. The number of nitrogens with zero attached hydrogens (tertiary/aromatic N) is 5. The van der Waals surface area contributed by atoms with E-state index in [0.29, 0.717) is 37.0 Å². The van der Waals surface area contributed by atoms with Crippen LogP contribution in [0.3, 0.4) is 0 Å². The zero-order valence-electron chi connectivity index (χ0n) is 16.8. The summed E-state index contributed by atoms with van der Waals surface area (Å²) < 4.78 is 12.8. The first-order valence-electron chi connectivity index (χ1n) is 9.44. The van der Waals surface area contributed by atoms with Crippen molar-refractivity contribution in [3.63, 3.8) is 0 Å². The molecule has 29 heavy (non-hydrogen) atoms. The number of fused-ring (bicyclic) bond motifs is 1. The van der Waals surface area contributed by atoms with Crippen LogP contribution in [0.5, 0.6) is 11.8 Å². The van der Waals surface area contributed by atoms with Crippen molar-refractivity contribution in [1.29, 1.82) is 0 Å². The van der Waals surface area contributed by atoms with Crippen LogP contribution >= 0.6 is 0 Å². The van der Waals surface area contributed by atoms with E-state index in [0.717, 1.165) is 29.1 Å². The maximum absolute atomic E-state index is 12.9. The third kappa shape index (κ3) is 3.91. The molecule has 8 nitrogen and oxygen atoms in total. The van der Waals surface area contributed by atoms with Crippen molar-refractivity contribution in [2.45, 2.75) is 26.5 Å². The number of carbonyl (C=O) groups excluding carboxylic acids is 1. The van der Waals surface area contributed by atoms with Gasteiger partial charge in [-0.25, -0.2) is 9.97 Å². The second kappa shape index (κ2) is 7.90. The standard InChI is InChI=1S/C21H23N5O3/c1-14-5-4-6-20(23-14)29-13-17-16-12-26(10-9-18(16)25(2)24-17)21(27)15-7-8-19(28-3)22-11-15/h4-8,11H,9-10,12-13H2,1-3H3. The number of aryl methyl sites for hydroxylation is 2. The summed E-state index contributed by atoms with van der Waals surface area (Å²) >= 11 is 0. The highest BCUT2D eigenvalue weighted by molar-refractivity contribution is 5.94. The Morgan fingerprint density at radius 3 is 2.79 bits per heavy atom. The summed E-state index contributed by atoms with van der Waals surface area (Å²) in [6.45, 7) is 3.36. The molecule has 4 rings (SSSR count). The maximum Gasteiger partial charge on any atom is 0.255 e. The lowest BCUT2D eigenvalue weighted by atomic mass is 10.0.